The van der Waals surface area contributed by atoms with Crippen molar-refractivity contribution in [1.82, 2.24) is 5.32 Å². The number of amides is 1. The smallest absolute Gasteiger partial charge is 0.223 e. The molecule has 4 unspecified atom stereocenters. The van der Waals surface area contributed by atoms with Gasteiger partial charge >= 0.3 is 0 Å². The van der Waals surface area contributed by atoms with Crippen molar-refractivity contribution in [3.05, 3.63) is 0 Å². The maximum atomic E-state index is 12.0. The molecule has 16 heavy (non-hydrogen) atoms. The summed E-state index contributed by atoms with van der Waals surface area (Å²) in [6, 6.07) is 0. The summed E-state index contributed by atoms with van der Waals surface area (Å²) < 4.78 is 0. The van der Waals surface area contributed by atoms with E-state index in [9.17, 15) is 4.79 Å². The Labute approximate surface area is 97.2 Å². The first kappa shape index (κ1) is 10.6. The highest BCUT2D eigenvalue weighted by Gasteiger charge is 2.67. The van der Waals surface area contributed by atoms with Gasteiger partial charge in [0.05, 0.1) is 0 Å². The molecule has 0 aromatic heterocycles. The summed E-state index contributed by atoms with van der Waals surface area (Å²) in [4.78, 5) is 12.0. The van der Waals surface area contributed by atoms with E-state index in [1.54, 1.807) is 0 Å². The van der Waals surface area contributed by atoms with Gasteiger partial charge in [-0.2, -0.15) is 0 Å². The third-order valence-electron chi connectivity index (χ3n) is 4.76. The van der Waals surface area contributed by atoms with E-state index >= 15 is 0 Å². The summed E-state index contributed by atoms with van der Waals surface area (Å²) in [7, 11) is 0. The molecule has 0 aromatic carbocycles. The third kappa shape index (κ3) is 1.56. The molecule has 3 N–H and O–H groups in total. The van der Waals surface area contributed by atoms with E-state index in [0.29, 0.717) is 12.5 Å². The topological polar surface area (TPSA) is 55.1 Å². The minimum atomic E-state index is -0.293. The molecule has 3 saturated carbocycles. The highest BCUT2D eigenvalue weighted by atomic mass is 16.2. The van der Waals surface area contributed by atoms with E-state index in [4.69, 9.17) is 5.73 Å². The highest BCUT2D eigenvalue weighted by molar-refractivity contribution is 5.82. The molecule has 0 aromatic rings. The van der Waals surface area contributed by atoms with Gasteiger partial charge in [-0.05, 0) is 56.8 Å². The van der Waals surface area contributed by atoms with Gasteiger partial charge in [-0.15, -0.1) is 0 Å². The van der Waals surface area contributed by atoms with Gasteiger partial charge in [-0.1, -0.05) is 0 Å². The lowest BCUT2D eigenvalue weighted by Gasteiger charge is -2.19. The molecule has 0 radical (unpaired) electrons. The van der Waals surface area contributed by atoms with Crippen molar-refractivity contribution in [3.8, 4) is 0 Å². The number of carbonyl (C=O) groups is 1. The Morgan fingerprint density at radius 2 is 1.88 bits per heavy atom. The zero-order valence-electron chi connectivity index (χ0n) is 10.2. The van der Waals surface area contributed by atoms with Crippen molar-refractivity contribution in [2.45, 2.75) is 38.6 Å². The molecule has 0 aliphatic heterocycles. The van der Waals surface area contributed by atoms with E-state index in [1.807, 2.05) is 13.8 Å². The van der Waals surface area contributed by atoms with Gasteiger partial charge in [0.1, 0.15) is 0 Å². The molecule has 3 aliphatic carbocycles. The van der Waals surface area contributed by atoms with Crippen molar-refractivity contribution >= 4 is 5.91 Å². The van der Waals surface area contributed by atoms with Crippen molar-refractivity contribution in [3.63, 3.8) is 0 Å². The van der Waals surface area contributed by atoms with E-state index in [-0.39, 0.29) is 11.4 Å². The van der Waals surface area contributed by atoms with Crippen LogP contribution < -0.4 is 11.1 Å². The Morgan fingerprint density at radius 1 is 1.31 bits per heavy atom. The van der Waals surface area contributed by atoms with E-state index < -0.39 is 0 Å². The fourth-order valence-corrected chi connectivity index (χ4v) is 4.11. The first-order valence-corrected chi connectivity index (χ1v) is 6.54. The normalized spacial score (nSPS) is 44.3. The minimum Gasteiger partial charge on any atom is -0.354 e. The molecule has 3 heteroatoms. The molecule has 0 saturated heterocycles. The van der Waals surface area contributed by atoms with Crippen LogP contribution >= 0.6 is 0 Å². The summed E-state index contributed by atoms with van der Waals surface area (Å²) in [6.45, 7) is 4.49. The highest BCUT2D eigenvalue weighted by Crippen LogP contribution is 2.69. The number of rotatable bonds is 3. The van der Waals surface area contributed by atoms with Crippen molar-refractivity contribution < 1.29 is 4.79 Å². The SMILES string of the molecule is CC(C)(N)CNC(=O)C1C2C3CCC(C3)C12. The lowest BCUT2D eigenvalue weighted by Crippen LogP contribution is -2.45. The molecule has 90 valence electrons. The Bertz CT molecular complexity index is 304. The van der Waals surface area contributed by atoms with Gasteiger partial charge in [0.2, 0.25) is 5.91 Å². The molecule has 0 spiro atoms. The van der Waals surface area contributed by atoms with Crippen LogP contribution in [0.15, 0.2) is 0 Å². The largest absolute Gasteiger partial charge is 0.354 e. The molecular formula is C13H22N2O. The molecule has 3 rings (SSSR count). The molecule has 3 aliphatic rings. The second-order valence-electron chi connectivity index (χ2n) is 6.72. The van der Waals surface area contributed by atoms with Gasteiger partial charge in [0.15, 0.2) is 0 Å². The molecule has 3 fully saturated rings. The maximum absolute atomic E-state index is 12.0. The fourth-order valence-electron chi connectivity index (χ4n) is 4.11. The Hall–Kier alpha value is -0.570. The molecule has 1 amide bonds. The number of carbonyl (C=O) groups excluding carboxylic acids is 1. The minimum absolute atomic E-state index is 0.269. The zero-order valence-corrected chi connectivity index (χ0v) is 10.2. The second kappa shape index (κ2) is 3.22. The number of hydrogen-bond acceptors (Lipinski definition) is 2. The average Bonchev–Trinajstić information content (AvgIpc) is 2.63. The summed E-state index contributed by atoms with van der Waals surface area (Å²) in [5.41, 5.74) is 5.58. The summed E-state index contributed by atoms with van der Waals surface area (Å²) >= 11 is 0. The van der Waals surface area contributed by atoms with Crippen LogP contribution in [0.3, 0.4) is 0 Å². The van der Waals surface area contributed by atoms with Gasteiger partial charge in [-0.25, -0.2) is 0 Å². The predicted octanol–water partition coefficient (Wildman–Crippen LogP) is 1.13. The van der Waals surface area contributed by atoms with E-state index in [2.05, 4.69) is 5.32 Å². The number of hydrogen-bond donors (Lipinski definition) is 2. The van der Waals surface area contributed by atoms with Crippen LogP contribution in [-0.2, 0) is 4.79 Å². The van der Waals surface area contributed by atoms with Crippen LogP contribution in [-0.4, -0.2) is 18.0 Å². The van der Waals surface area contributed by atoms with Crippen LogP contribution in [0.2, 0.25) is 0 Å². The summed E-state index contributed by atoms with van der Waals surface area (Å²) in [5.74, 6) is 3.83. The molecular weight excluding hydrogens is 200 g/mol. The quantitative estimate of drug-likeness (QED) is 0.752. The molecule has 0 heterocycles. The van der Waals surface area contributed by atoms with Crippen LogP contribution in [0.5, 0.6) is 0 Å². The fraction of sp³-hybridized carbons (Fsp3) is 0.923. The van der Waals surface area contributed by atoms with Gasteiger partial charge in [0.25, 0.3) is 0 Å². The van der Waals surface area contributed by atoms with Crippen molar-refractivity contribution in [2.24, 2.45) is 35.3 Å². The van der Waals surface area contributed by atoms with E-state index in [0.717, 1.165) is 23.7 Å². The number of nitrogens with one attached hydrogen (secondary N) is 1. The lowest BCUT2D eigenvalue weighted by molar-refractivity contribution is -0.123. The Balaban J connectivity index is 1.55. The Kier molecular flexibility index (Phi) is 2.13. The first-order valence-electron chi connectivity index (χ1n) is 6.54. The number of nitrogens with two attached hydrogens (primary N) is 1. The van der Waals surface area contributed by atoms with E-state index in [1.165, 1.54) is 19.3 Å². The van der Waals surface area contributed by atoms with Gasteiger partial charge in [0, 0.05) is 18.0 Å². The van der Waals surface area contributed by atoms with Crippen LogP contribution in [0.25, 0.3) is 0 Å². The summed E-state index contributed by atoms with van der Waals surface area (Å²) in [6.07, 6.45) is 4.15. The first-order chi connectivity index (χ1) is 7.47. The van der Waals surface area contributed by atoms with Crippen LogP contribution in [0.1, 0.15) is 33.1 Å². The van der Waals surface area contributed by atoms with Crippen LogP contribution in [0, 0.1) is 29.6 Å². The van der Waals surface area contributed by atoms with Crippen molar-refractivity contribution in [1.29, 1.82) is 0 Å². The summed E-state index contributed by atoms with van der Waals surface area (Å²) in [5, 5.41) is 3.02. The van der Waals surface area contributed by atoms with Crippen LogP contribution in [0.4, 0.5) is 0 Å². The van der Waals surface area contributed by atoms with Gasteiger partial charge < -0.3 is 11.1 Å². The predicted molar refractivity (Wildman–Crippen MR) is 62.6 cm³/mol. The standard InChI is InChI=1S/C13H22N2O/c1-13(2,14)6-15-12(16)11-9-7-3-4-8(5-7)10(9)11/h7-11H,3-6,14H2,1-2H3,(H,15,16). The average molecular weight is 222 g/mol. The second-order valence-corrected chi connectivity index (χ2v) is 6.72. The zero-order chi connectivity index (χ0) is 11.5. The Morgan fingerprint density at radius 3 is 2.38 bits per heavy atom. The molecule has 2 bridgehead atoms. The number of fused-ring (bicyclic) bond motifs is 5. The third-order valence-corrected chi connectivity index (χ3v) is 4.76. The monoisotopic (exact) mass is 222 g/mol. The van der Waals surface area contributed by atoms with Crippen molar-refractivity contribution in [2.75, 3.05) is 6.54 Å². The lowest BCUT2D eigenvalue weighted by atomic mass is 10.0. The molecule has 4 atom stereocenters. The van der Waals surface area contributed by atoms with Gasteiger partial charge in [-0.3, -0.25) is 4.79 Å². The maximum Gasteiger partial charge on any atom is 0.223 e. The molecule has 3 nitrogen and oxygen atoms in total.